The molecule has 1 amide bonds. The summed E-state index contributed by atoms with van der Waals surface area (Å²) in [7, 11) is 0. The summed E-state index contributed by atoms with van der Waals surface area (Å²) in [4.78, 5) is 11.6. The molecule has 0 aliphatic carbocycles. The molecule has 1 rings (SSSR count). The molecule has 0 aliphatic heterocycles. The van der Waals surface area contributed by atoms with Crippen LogP contribution in [0, 0.1) is 3.57 Å². The molecule has 0 fully saturated rings. The minimum Gasteiger partial charge on any atom is -0.507 e. The molecule has 5 heteroatoms. The van der Waals surface area contributed by atoms with Gasteiger partial charge in [0.1, 0.15) is 5.75 Å². The van der Waals surface area contributed by atoms with Crippen LogP contribution in [-0.4, -0.2) is 23.6 Å². The van der Waals surface area contributed by atoms with Crippen molar-refractivity contribution in [1.29, 1.82) is 0 Å². The van der Waals surface area contributed by atoms with Crippen molar-refractivity contribution in [3.8, 4) is 5.75 Å². The maximum Gasteiger partial charge on any atom is 0.251 e. The van der Waals surface area contributed by atoms with Gasteiger partial charge in [0.2, 0.25) is 0 Å². The standard InChI is InChI=1S/C10H13IN2O2/c1-6(5-12)13-10(15)7-2-3-8(11)9(14)4-7/h2-4,6,14H,5,12H2,1H3,(H,13,15)/t6-/m1/s1. The van der Waals surface area contributed by atoms with Crippen LogP contribution in [-0.2, 0) is 0 Å². The highest BCUT2D eigenvalue weighted by Gasteiger charge is 2.10. The summed E-state index contributed by atoms with van der Waals surface area (Å²) in [6, 6.07) is 4.73. The molecule has 1 atom stereocenters. The van der Waals surface area contributed by atoms with Gasteiger partial charge in [-0.1, -0.05) is 0 Å². The van der Waals surface area contributed by atoms with E-state index in [1.807, 2.05) is 29.5 Å². The fraction of sp³-hybridized carbons (Fsp3) is 0.300. The van der Waals surface area contributed by atoms with E-state index in [1.54, 1.807) is 12.1 Å². The third kappa shape index (κ3) is 3.35. The molecule has 0 unspecified atom stereocenters. The van der Waals surface area contributed by atoms with E-state index in [0.717, 1.165) is 3.57 Å². The molecule has 0 saturated heterocycles. The number of phenolic OH excluding ortho intramolecular Hbond substituents is 1. The lowest BCUT2D eigenvalue weighted by Crippen LogP contribution is -2.37. The molecular weight excluding hydrogens is 307 g/mol. The first-order valence-electron chi connectivity index (χ1n) is 4.54. The van der Waals surface area contributed by atoms with Crippen molar-refractivity contribution >= 4 is 28.5 Å². The van der Waals surface area contributed by atoms with Crippen LogP contribution in [0.1, 0.15) is 17.3 Å². The van der Waals surface area contributed by atoms with Crippen molar-refractivity contribution in [2.45, 2.75) is 13.0 Å². The Labute approximate surface area is 102 Å². The van der Waals surface area contributed by atoms with Crippen LogP contribution in [0.2, 0.25) is 0 Å². The van der Waals surface area contributed by atoms with Crippen LogP contribution in [0.5, 0.6) is 5.75 Å². The van der Waals surface area contributed by atoms with Gasteiger partial charge in [0.05, 0.1) is 3.57 Å². The van der Waals surface area contributed by atoms with E-state index >= 15 is 0 Å². The second-order valence-corrected chi connectivity index (χ2v) is 4.44. The van der Waals surface area contributed by atoms with Crippen LogP contribution in [0.25, 0.3) is 0 Å². The summed E-state index contributed by atoms with van der Waals surface area (Å²) in [5.74, 6) is -0.108. The zero-order valence-electron chi connectivity index (χ0n) is 8.33. The Morgan fingerprint density at radius 1 is 1.67 bits per heavy atom. The molecule has 15 heavy (non-hydrogen) atoms. The molecule has 4 N–H and O–H groups in total. The zero-order chi connectivity index (χ0) is 11.4. The van der Waals surface area contributed by atoms with Crippen molar-refractivity contribution in [3.63, 3.8) is 0 Å². The minimum atomic E-state index is -0.223. The van der Waals surface area contributed by atoms with Crippen molar-refractivity contribution < 1.29 is 9.90 Å². The molecule has 0 heterocycles. The smallest absolute Gasteiger partial charge is 0.251 e. The number of halogens is 1. The Morgan fingerprint density at radius 2 is 2.33 bits per heavy atom. The summed E-state index contributed by atoms with van der Waals surface area (Å²) >= 11 is 2.00. The van der Waals surface area contributed by atoms with Crippen molar-refractivity contribution in [1.82, 2.24) is 5.32 Å². The number of benzene rings is 1. The highest BCUT2D eigenvalue weighted by molar-refractivity contribution is 14.1. The molecule has 1 aromatic carbocycles. The van der Waals surface area contributed by atoms with Gasteiger partial charge in [0, 0.05) is 18.2 Å². The first-order valence-corrected chi connectivity index (χ1v) is 5.62. The Balaban J connectivity index is 2.78. The number of hydrogen-bond acceptors (Lipinski definition) is 3. The number of carbonyl (C=O) groups is 1. The summed E-state index contributed by atoms with van der Waals surface area (Å²) in [5, 5.41) is 12.1. The second kappa shape index (κ2) is 5.32. The Hall–Kier alpha value is -0.820. The fourth-order valence-electron chi connectivity index (χ4n) is 1.02. The van der Waals surface area contributed by atoms with Crippen LogP contribution in [0.3, 0.4) is 0 Å². The topological polar surface area (TPSA) is 75.3 Å². The highest BCUT2D eigenvalue weighted by atomic mass is 127. The number of carbonyl (C=O) groups excluding carboxylic acids is 1. The van der Waals surface area contributed by atoms with E-state index in [-0.39, 0.29) is 17.7 Å². The van der Waals surface area contributed by atoms with Gasteiger partial charge >= 0.3 is 0 Å². The molecule has 0 aliphatic rings. The van der Waals surface area contributed by atoms with Gasteiger partial charge < -0.3 is 16.2 Å². The van der Waals surface area contributed by atoms with Crippen LogP contribution < -0.4 is 11.1 Å². The van der Waals surface area contributed by atoms with E-state index in [2.05, 4.69) is 5.32 Å². The summed E-state index contributed by atoms with van der Waals surface area (Å²) < 4.78 is 0.719. The summed E-state index contributed by atoms with van der Waals surface area (Å²) in [6.45, 7) is 2.21. The van der Waals surface area contributed by atoms with Crippen molar-refractivity contribution in [3.05, 3.63) is 27.3 Å². The maximum atomic E-state index is 11.6. The van der Waals surface area contributed by atoms with E-state index in [4.69, 9.17) is 5.73 Å². The number of hydrogen-bond donors (Lipinski definition) is 3. The van der Waals surface area contributed by atoms with Gasteiger partial charge in [0.25, 0.3) is 5.91 Å². The van der Waals surface area contributed by atoms with Gasteiger partial charge in [-0.15, -0.1) is 0 Å². The average molecular weight is 320 g/mol. The lowest BCUT2D eigenvalue weighted by atomic mass is 10.2. The van der Waals surface area contributed by atoms with Gasteiger partial charge in [-0.2, -0.15) is 0 Å². The minimum absolute atomic E-state index is 0.0704. The maximum absolute atomic E-state index is 11.6. The quantitative estimate of drug-likeness (QED) is 0.730. The molecule has 0 bridgehead atoms. The zero-order valence-corrected chi connectivity index (χ0v) is 10.5. The molecule has 4 nitrogen and oxygen atoms in total. The molecule has 1 aromatic rings. The number of phenols is 1. The SMILES string of the molecule is C[C@H](CN)NC(=O)c1ccc(I)c(O)c1. The van der Waals surface area contributed by atoms with Gasteiger partial charge in [-0.25, -0.2) is 0 Å². The molecule has 0 radical (unpaired) electrons. The van der Waals surface area contributed by atoms with E-state index in [0.29, 0.717) is 12.1 Å². The molecule has 0 saturated carbocycles. The first kappa shape index (κ1) is 12.3. The summed E-state index contributed by atoms with van der Waals surface area (Å²) in [6.07, 6.45) is 0. The normalized spacial score (nSPS) is 12.2. The van der Waals surface area contributed by atoms with Gasteiger partial charge in [-0.3, -0.25) is 4.79 Å². The van der Waals surface area contributed by atoms with Crippen LogP contribution in [0.4, 0.5) is 0 Å². The van der Waals surface area contributed by atoms with Crippen molar-refractivity contribution in [2.75, 3.05) is 6.54 Å². The Bertz CT molecular complexity index is 368. The fourth-order valence-corrected chi connectivity index (χ4v) is 1.36. The molecular formula is C10H13IN2O2. The lowest BCUT2D eigenvalue weighted by molar-refractivity contribution is 0.0941. The molecule has 0 aromatic heterocycles. The average Bonchev–Trinajstić information content (AvgIpc) is 2.21. The Morgan fingerprint density at radius 3 is 2.87 bits per heavy atom. The number of rotatable bonds is 3. The van der Waals surface area contributed by atoms with E-state index in [1.165, 1.54) is 6.07 Å². The van der Waals surface area contributed by atoms with Crippen molar-refractivity contribution in [2.24, 2.45) is 5.73 Å². The van der Waals surface area contributed by atoms with Crippen LogP contribution >= 0.6 is 22.6 Å². The number of amides is 1. The lowest BCUT2D eigenvalue weighted by Gasteiger charge is -2.11. The van der Waals surface area contributed by atoms with E-state index in [9.17, 15) is 9.90 Å². The predicted octanol–water partition coefficient (Wildman–Crippen LogP) is 1.07. The Kier molecular flexibility index (Phi) is 4.34. The highest BCUT2D eigenvalue weighted by Crippen LogP contribution is 2.20. The number of nitrogens with one attached hydrogen (secondary N) is 1. The summed E-state index contributed by atoms with van der Waals surface area (Å²) in [5.41, 5.74) is 5.83. The number of nitrogens with two attached hydrogens (primary N) is 1. The third-order valence-electron chi connectivity index (χ3n) is 1.94. The largest absolute Gasteiger partial charge is 0.507 e. The van der Waals surface area contributed by atoms with E-state index < -0.39 is 0 Å². The number of aromatic hydroxyl groups is 1. The predicted molar refractivity (Wildman–Crippen MR) is 66.8 cm³/mol. The first-order chi connectivity index (χ1) is 7.04. The third-order valence-corrected chi connectivity index (χ3v) is 2.85. The van der Waals surface area contributed by atoms with Crippen LogP contribution in [0.15, 0.2) is 18.2 Å². The van der Waals surface area contributed by atoms with Gasteiger partial charge in [-0.05, 0) is 47.7 Å². The second-order valence-electron chi connectivity index (χ2n) is 3.28. The molecule has 0 spiro atoms. The molecule has 82 valence electrons. The van der Waals surface area contributed by atoms with Gasteiger partial charge in [0.15, 0.2) is 0 Å². The monoisotopic (exact) mass is 320 g/mol.